The van der Waals surface area contributed by atoms with E-state index in [-0.39, 0.29) is 62.5 Å². The molecule has 0 spiro atoms. The number of benzene rings is 5. The van der Waals surface area contributed by atoms with Crippen molar-refractivity contribution >= 4 is 87.7 Å². The van der Waals surface area contributed by atoms with E-state index in [0.717, 1.165) is 16.8 Å². The van der Waals surface area contributed by atoms with Crippen LogP contribution in [0.25, 0.3) is 11.0 Å². The molecule has 0 aliphatic carbocycles. The van der Waals surface area contributed by atoms with Gasteiger partial charge in [0.15, 0.2) is 0 Å². The number of nitrogens with one attached hydrogen (secondary N) is 4. The first-order valence-electron chi connectivity index (χ1n) is 26.9. The van der Waals surface area contributed by atoms with Crippen molar-refractivity contribution in [2.24, 2.45) is 5.73 Å². The van der Waals surface area contributed by atoms with Crippen molar-refractivity contribution in [3.8, 4) is 5.75 Å². The molecule has 0 saturated heterocycles. The zero-order valence-corrected chi connectivity index (χ0v) is 48.0. The predicted octanol–water partition coefficient (Wildman–Crippen LogP) is 7.79. The predicted molar refractivity (Wildman–Crippen MR) is 316 cm³/mol. The Kier molecular flexibility index (Phi) is 25.5. The van der Waals surface area contributed by atoms with E-state index in [2.05, 4.69) is 21.3 Å². The molecule has 6 rings (SSSR count). The van der Waals surface area contributed by atoms with Gasteiger partial charge in [0.1, 0.15) is 49.3 Å². The highest BCUT2D eigenvalue weighted by molar-refractivity contribution is 6.18. The van der Waals surface area contributed by atoms with Gasteiger partial charge in [-0.15, -0.1) is 23.2 Å². The number of carbonyl (C=O) groups excluding carboxylic acids is 6. The summed E-state index contributed by atoms with van der Waals surface area (Å²) in [5.74, 6) is -1.51. The number of unbranched alkanes of at least 4 members (excludes halogenated alkanes) is 1. The molecule has 0 aliphatic rings. The van der Waals surface area contributed by atoms with Crippen molar-refractivity contribution in [3.05, 3.63) is 172 Å². The number of carboxylic acids is 1. The summed E-state index contributed by atoms with van der Waals surface area (Å²) >= 11 is 11.8. The zero-order chi connectivity index (χ0) is 60.4. The number of halogens is 2. The van der Waals surface area contributed by atoms with Crippen LogP contribution in [0.15, 0.2) is 143 Å². The first-order chi connectivity index (χ1) is 40.5. The smallest absolute Gasteiger partial charge is 0.415 e. The van der Waals surface area contributed by atoms with Gasteiger partial charge in [0.05, 0.1) is 5.56 Å². The van der Waals surface area contributed by atoms with Gasteiger partial charge in [0.25, 0.3) is 0 Å². The second-order valence-corrected chi connectivity index (χ2v) is 20.1. The fourth-order valence-corrected chi connectivity index (χ4v) is 8.72. The maximum Gasteiger partial charge on any atom is 0.415 e. The van der Waals surface area contributed by atoms with E-state index >= 15 is 0 Å². The van der Waals surface area contributed by atoms with Crippen molar-refractivity contribution in [2.45, 2.75) is 70.1 Å². The molecule has 446 valence electrons. The van der Waals surface area contributed by atoms with Crippen molar-refractivity contribution in [1.82, 2.24) is 25.8 Å². The molecular formula is C60H68Cl2N8O14. The van der Waals surface area contributed by atoms with Gasteiger partial charge in [0.2, 0.25) is 11.8 Å². The number of rotatable bonds is 30. The number of carbonyl (C=O) groups is 7. The number of ether oxygens (including phenoxy) is 4. The van der Waals surface area contributed by atoms with Crippen LogP contribution in [0.5, 0.6) is 5.75 Å². The number of nitrogens with two attached hydrogens (primary N) is 1. The second-order valence-electron chi connectivity index (χ2n) is 19.4. The van der Waals surface area contributed by atoms with Gasteiger partial charge in [-0.25, -0.2) is 28.8 Å². The molecule has 0 fully saturated rings. The summed E-state index contributed by atoms with van der Waals surface area (Å²) in [6.07, 6.45) is -1.80. The highest BCUT2D eigenvalue weighted by atomic mass is 35.5. The number of alkyl halides is 2. The number of fused-ring (bicyclic) bond motifs is 1. The molecule has 1 aromatic heterocycles. The van der Waals surface area contributed by atoms with Gasteiger partial charge in [-0.05, 0) is 90.5 Å². The Morgan fingerprint density at radius 2 is 1.15 bits per heavy atom. The van der Waals surface area contributed by atoms with Crippen molar-refractivity contribution < 1.29 is 62.0 Å². The van der Waals surface area contributed by atoms with E-state index < -0.39 is 72.5 Å². The number of amides is 6. The first kappa shape index (κ1) is 64.3. The van der Waals surface area contributed by atoms with Gasteiger partial charge in [-0.3, -0.25) is 9.59 Å². The van der Waals surface area contributed by atoms with E-state index in [1.165, 1.54) is 48.2 Å². The van der Waals surface area contributed by atoms with Crippen molar-refractivity contribution in [1.29, 1.82) is 0 Å². The van der Waals surface area contributed by atoms with E-state index in [9.17, 15) is 43.5 Å². The lowest BCUT2D eigenvalue weighted by Gasteiger charge is -2.23. The number of hydrogen-bond acceptors (Lipinski definition) is 15. The minimum absolute atomic E-state index is 0.000506. The highest BCUT2D eigenvalue weighted by Gasteiger charge is 2.28. The lowest BCUT2D eigenvalue weighted by molar-refractivity contribution is -0.139. The number of hydrogen-bond donors (Lipinski definition) is 6. The third-order valence-corrected chi connectivity index (χ3v) is 13.4. The average molecular weight is 1200 g/mol. The molecule has 5 aromatic carbocycles. The Morgan fingerprint density at radius 1 is 0.595 bits per heavy atom. The lowest BCUT2D eigenvalue weighted by atomic mass is 10.0. The van der Waals surface area contributed by atoms with Crippen LogP contribution >= 0.6 is 23.2 Å². The van der Waals surface area contributed by atoms with Crippen LogP contribution in [0.1, 0.15) is 47.1 Å². The van der Waals surface area contributed by atoms with Gasteiger partial charge in [-0.1, -0.05) is 84.9 Å². The van der Waals surface area contributed by atoms with E-state index in [4.69, 9.17) is 52.3 Å². The molecule has 84 heavy (non-hydrogen) atoms. The first-order valence-corrected chi connectivity index (χ1v) is 28.0. The van der Waals surface area contributed by atoms with Crippen LogP contribution in [0.4, 0.5) is 30.6 Å². The van der Waals surface area contributed by atoms with Gasteiger partial charge in [-0.2, -0.15) is 0 Å². The molecule has 24 heteroatoms. The molecule has 3 atom stereocenters. The van der Waals surface area contributed by atoms with E-state index in [1.54, 1.807) is 36.4 Å². The number of carboxylic acid groups (broad SMARTS) is 1. The fraction of sp³-hybridized carbons (Fsp3) is 0.333. The fourth-order valence-electron chi connectivity index (χ4n) is 8.31. The molecule has 6 aromatic rings. The number of anilines is 2. The van der Waals surface area contributed by atoms with E-state index in [1.807, 2.05) is 77.7 Å². The number of aliphatic carboxylic acids is 1. The summed E-state index contributed by atoms with van der Waals surface area (Å²) in [7, 11) is 2.96. The Balaban J connectivity index is 0.933. The third kappa shape index (κ3) is 20.8. The second kappa shape index (κ2) is 33.3. The minimum Gasteiger partial charge on any atom is -0.480 e. The monoisotopic (exact) mass is 1190 g/mol. The third-order valence-electron chi connectivity index (χ3n) is 13.0. The highest BCUT2D eigenvalue weighted by Crippen LogP contribution is 2.23. The summed E-state index contributed by atoms with van der Waals surface area (Å²) in [5, 5.41) is 20.9. The quantitative estimate of drug-likeness (QED) is 0.0109. The average Bonchev–Trinajstić information content (AvgIpc) is 3.70. The standard InChI is InChI=1S/C60H68Cl2N8O14/c1-68(31-32-69(2)60(79)83-48-25-20-44-35-45(56(75)84-52(44)36-48)39-81-58(77)67-51(55(73)74)34-41-18-23-47(24-19-41)70(29-26-61)30-27-62)59(78)82-38-43-16-21-46(22-17-43)64-53(71)49(15-9-10-28-63)65-54(72)50(33-40-11-5-3-6-12-40)66-57(76)80-37-42-13-7-4-8-14-42/h3-8,11-14,16-25,35-36,49-51H,9-10,15,26-34,37-39,63H2,1-2H3,(H,64,71)(H,65,72)(H,66,76)(H,67,77)(H,73,74). The molecule has 7 N–H and O–H groups in total. The van der Waals surface area contributed by atoms with E-state index in [0.29, 0.717) is 66.4 Å². The summed E-state index contributed by atoms with van der Waals surface area (Å²) in [6, 6.07) is 34.3. The summed E-state index contributed by atoms with van der Waals surface area (Å²) in [6.45, 7) is 1.00. The van der Waals surface area contributed by atoms with Crippen LogP contribution in [0.3, 0.4) is 0 Å². The number of likely N-dealkylation sites (N-methyl/N-ethyl adjacent to an activating group) is 2. The van der Waals surface area contributed by atoms with Crippen molar-refractivity contribution in [2.75, 3.05) is 68.8 Å². The van der Waals surface area contributed by atoms with Crippen molar-refractivity contribution in [3.63, 3.8) is 0 Å². The molecular weight excluding hydrogens is 1130 g/mol. The normalized spacial score (nSPS) is 11.9. The number of alkyl carbamates (subject to hydrolysis) is 2. The lowest BCUT2D eigenvalue weighted by Crippen LogP contribution is -2.53. The molecule has 3 unspecified atom stereocenters. The molecule has 0 bridgehead atoms. The summed E-state index contributed by atoms with van der Waals surface area (Å²) in [4.78, 5) is 109. The maximum absolute atomic E-state index is 13.8. The van der Waals surface area contributed by atoms with Crippen LogP contribution in [0.2, 0.25) is 0 Å². The Bertz CT molecular complexity index is 3190. The minimum atomic E-state index is -1.34. The Morgan fingerprint density at radius 3 is 1.79 bits per heavy atom. The van der Waals surface area contributed by atoms with Gasteiger partial charge in [0, 0.05) is 87.7 Å². The molecule has 6 amide bonds. The van der Waals surface area contributed by atoms with Gasteiger partial charge >= 0.3 is 36.0 Å². The summed E-state index contributed by atoms with van der Waals surface area (Å²) < 4.78 is 27.0. The SMILES string of the molecule is CN(CCN(C)C(=O)Oc1ccc2cc(COC(=O)NC(Cc3ccc(N(CCCl)CCCl)cc3)C(=O)O)c(=O)oc2c1)C(=O)OCc1ccc(NC(=O)C(CCCCN)NC(=O)C(Cc2ccccc2)NC(=O)OCc2ccccc2)cc1. The molecule has 0 saturated carbocycles. The van der Waals surface area contributed by atoms with Gasteiger partial charge < -0.3 is 70.2 Å². The van der Waals surface area contributed by atoms with Crippen LogP contribution in [-0.2, 0) is 61.3 Å². The van der Waals surface area contributed by atoms with Crippen LogP contribution in [-0.4, -0.2) is 134 Å². The Hall–Kier alpha value is -8.86. The molecule has 0 aliphatic heterocycles. The van der Waals surface area contributed by atoms with Crippen LogP contribution in [0, 0.1) is 0 Å². The summed E-state index contributed by atoms with van der Waals surface area (Å²) in [5.41, 5.74) is 9.00. The number of nitrogens with zero attached hydrogens (tertiary/aromatic N) is 3. The molecule has 1 heterocycles. The molecule has 0 radical (unpaired) electrons. The largest absolute Gasteiger partial charge is 0.480 e. The van der Waals surface area contributed by atoms with Crippen LogP contribution < -0.4 is 42.3 Å². The molecule has 22 nitrogen and oxygen atoms in total. The zero-order valence-electron chi connectivity index (χ0n) is 46.5. The maximum atomic E-state index is 13.8. The Labute approximate surface area is 495 Å². The topological polar surface area (TPSA) is 291 Å².